The number of aryl methyl sites for hydroxylation is 2. The van der Waals surface area contributed by atoms with Gasteiger partial charge in [-0.25, -0.2) is 0 Å². The highest BCUT2D eigenvalue weighted by Gasteiger charge is 2.06. The van der Waals surface area contributed by atoms with Crippen molar-refractivity contribution in [1.29, 1.82) is 0 Å². The van der Waals surface area contributed by atoms with Crippen molar-refractivity contribution >= 4 is 55.4 Å². The van der Waals surface area contributed by atoms with Crippen molar-refractivity contribution in [3.05, 3.63) is 56.5 Å². The molecular weight excluding hydrogens is 416 g/mol. The molecule has 0 spiro atoms. The molecule has 0 N–H and O–H groups in total. The van der Waals surface area contributed by atoms with Crippen LogP contribution >= 0.6 is 55.4 Å². The van der Waals surface area contributed by atoms with Crippen LogP contribution in [0.25, 0.3) is 0 Å². The van der Waals surface area contributed by atoms with Crippen LogP contribution < -0.4 is 0 Å². The summed E-state index contributed by atoms with van der Waals surface area (Å²) in [5.41, 5.74) is 2.83. The molecule has 0 heterocycles. The molecule has 0 saturated carbocycles. The molecule has 0 atom stereocenters. The van der Waals surface area contributed by atoms with E-state index in [2.05, 4.69) is 80.8 Å². The molecule has 2 aromatic rings. The molecule has 0 aliphatic heterocycles. The van der Waals surface area contributed by atoms with Gasteiger partial charge in [-0.3, -0.25) is 0 Å². The zero-order valence-electron chi connectivity index (χ0n) is 11.5. The van der Waals surface area contributed by atoms with Gasteiger partial charge >= 0.3 is 0 Å². The van der Waals surface area contributed by atoms with Gasteiger partial charge in [0.1, 0.15) is 0 Å². The van der Waals surface area contributed by atoms with E-state index in [1.54, 1.807) is 0 Å². The van der Waals surface area contributed by atoms with E-state index in [1.165, 1.54) is 20.9 Å². The first kappa shape index (κ1) is 16.5. The van der Waals surface area contributed by atoms with E-state index in [9.17, 15) is 0 Å². The van der Waals surface area contributed by atoms with Gasteiger partial charge in [-0.15, -0.1) is 23.5 Å². The average Bonchev–Trinajstić information content (AvgIpc) is 2.45. The van der Waals surface area contributed by atoms with Gasteiger partial charge in [-0.1, -0.05) is 31.9 Å². The highest BCUT2D eigenvalue weighted by Crippen LogP contribution is 2.28. The predicted octanol–water partition coefficient (Wildman–Crippen LogP) is 6.44. The summed E-state index contributed by atoms with van der Waals surface area (Å²) >= 11 is 10.8. The normalized spacial score (nSPS) is 10.8. The highest BCUT2D eigenvalue weighted by atomic mass is 79.9. The lowest BCUT2D eigenvalue weighted by atomic mass is 10.0. The molecule has 0 aliphatic carbocycles. The van der Waals surface area contributed by atoms with Crippen LogP contribution in [-0.4, -0.2) is 12.5 Å². The molecule has 0 saturated heterocycles. The molecule has 0 aliphatic rings. The monoisotopic (exact) mass is 430 g/mol. The first-order valence-corrected chi connectivity index (χ1v) is 10.3. The number of hydrogen-bond donors (Lipinski definition) is 0. The molecule has 0 unspecified atom stereocenters. The Labute approximate surface area is 146 Å². The Bertz CT molecular complexity index is 544. The summed E-state index contributed by atoms with van der Waals surface area (Å²) in [7, 11) is 0. The summed E-state index contributed by atoms with van der Waals surface area (Å²) in [5.74, 6) is 0. The van der Waals surface area contributed by atoms with Crippen LogP contribution in [0.4, 0.5) is 0 Å². The molecule has 0 fully saturated rings. The second-order valence-corrected chi connectivity index (χ2v) is 7.94. The van der Waals surface area contributed by atoms with E-state index in [0.29, 0.717) is 0 Å². The van der Waals surface area contributed by atoms with Gasteiger partial charge in [0, 0.05) is 18.7 Å². The second-order valence-electron chi connectivity index (χ2n) is 4.41. The van der Waals surface area contributed by atoms with Crippen molar-refractivity contribution in [2.24, 2.45) is 0 Å². The Morgan fingerprint density at radius 2 is 1.15 bits per heavy atom. The maximum Gasteiger partial charge on any atom is 0.0178 e. The minimum atomic E-state index is 1.07. The van der Waals surface area contributed by atoms with E-state index in [1.807, 2.05) is 23.5 Å². The molecule has 106 valence electrons. The number of benzene rings is 2. The molecule has 2 rings (SSSR count). The molecule has 0 bridgehead atoms. The van der Waals surface area contributed by atoms with E-state index < -0.39 is 0 Å². The zero-order valence-corrected chi connectivity index (χ0v) is 16.3. The Balaban J connectivity index is 2.20. The third kappa shape index (κ3) is 4.30. The molecule has 0 nitrogen and oxygen atoms in total. The molecule has 0 radical (unpaired) electrons. The van der Waals surface area contributed by atoms with Crippen molar-refractivity contribution in [1.82, 2.24) is 0 Å². The lowest BCUT2D eigenvalue weighted by molar-refractivity contribution is 0.912. The van der Waals surface area contributed by atoms with Crippen molar-refractivity contribution in [2.45, 2.75) is 22.6 Å². The van der Waals surface area contributed by atoms with Crippen LogP contribution in [0, 0.1) is 0 Å². The van der Waals surface area contributed by atoms with Gasteiger partial charge in [-0.05, 0) is 72.9 Å². The van der Waals surface area contributed by atoms with Gasteiger partial charge < -0.3 is 0 Å². The summed E-state index contributed by atoms with van der Waals surface area (Å²) in [4.78, 5) is 2.74. The summed E-state index contributed by atoms with van der Waals surface area (Å²) in [6.45, 7) is 0. The number of rotatable bonds is 5. The van der Waals surface area contributed by atoms with E-state index in [4.69, 9.17) is 0 Å². The summed E-state index contributed by atoms with van der Waals surface area (Å²) in [6.07, 6.45) is 6.41. The fourth-order valence-electron chi connectivity index (χ4n) is 2.15. The summed E-state index contributed by atoms with van der Waals surface area (Å²) < 4.78 is 2.31. The standard InChI is InChI=1S/C16H16Br2S2/c1-19-15-7-5-13(17)9-11(15)3-4-12-10-14(18)6-8-16(12)20-2/h5-10H,3-4H2,1-2H3. The molecular formula is C16H16Br2S2. The first-order valence-electron chi connectivity index (χ1n) is 6.29. The zero-order chi connectivity index (χ0) is 14.5. The van der Waals surface area contributed by atoms with Crippen molar-refractivity contribution < 1.29 is 0 Å². The van der Waals surface area contributed by atoms with Crippen molar-refractivity contribution in [3.63, 3.8) is 0 Å². The predicted molar refractivity (Wildman–Crippen MR) is 99.3 cm³/mol. The maximum atomic E-state index is 3.57. The van der Waals surface area contributed by atoms with Crippen LogP contribution in [0.15, 0.2) is 55.1 Å². The second kappa shape index (κ2) is 7.92. The van der Waals surface area contributed by atoms with Crippen LogP contribution in [0.2, 0.25) is 0 Å². The Hall–Kier alpha value is 0.1000. The molecule has 0 aromatic heterocycles. The molecule has 4 heteroatoms. The minimum absolute atomic E-state index is 1.07. The number of halogens is 2. The SMILES string of the molecule is CSc1ccc(Br)cc1CCc1cc(Br)ccc1SC. The molecule has 20 heavy (non-hydrogen) atoms. The Kier molecular flexibility index (Phi) is 6.53. The number of hydrogen-bond acceptors (Lipinski definition) is 2. The van der Waals surface area contributed by atoms with Gasteiger partial charge in [-0.2, -0.15) is 0 Å². The smallest absolute Gasteiger partial charge is 0.0178 e. The minimum Gasteiger partial charge on any atom is -0.129 e. The third-order valence-electron chi connectivity index (χ3n) is 3.15. The van der Waals surface area contributed by atoms with Crippen molar-refractivity contribution in [2.75, 3.05) is 12.5 Å². The third-order valence-corrected chi connectivity index (χ3v) is 5.81. The van der Waals surface area contributed by atoms with Crippen LogP contribution in [-0.2, 0) is 12.8 Å². The topological polar surface area (TPSA) is 0 Å². The van der Waals surface area contributed by atoms with Gasteiger partial charge in [0.2, 0.25) is 0 Å². The van der Waals surface area contributed by atoms with Crippen LogP contribution in [0.3, 0.4) is 0 Å². The molecule has 2 aromatic carbocycles. The highest BCUT2D eigenvalue weighted by molar-refractivity contribution is 9.10. The van der Waals surface area contributed by atoms with E-state index in [-0.39, 0.29) is 0 Å². The quantitative estimate of drug-likeness (QED) is 0.499. The Morgan fingerprint density at radius 3 is 1.50 bits per heavy atom. The summed E-state index contributed by atoms with van der Waals surface area (Å²) in [5, 5.41) is 0. The van der Waals surface area contributed by atoms with Gasteiger partial charge in [0.15, 0.2) is 0 Å². The first-order chi connectivity index (χ1) is 9.63. The average molecular weight is 432 g/mol. The fraction of sp³-hybridized carbons (Fsp3) is 0.250. The van der Waals surface area contributed by atoms with E-state index >= 15 is 0 Å². The summed E-state index contributed by atoms with van der Waals surface area (Å²) in [6, 6.07) is 13.1. The molecule has 0 amide bonds. The van der Waals surface area contributed by atoms with Gasteiger partial charge in [0.25, 0.3) is 0 Å². The lowest BCUT2D eigenvalue weighted by Gasteiger charge is -2.11. The van der Waals surface area contributed by atoms with Crippen molar-refractivity contribution in [3.8, 4) is 0 Å². The largest absolute Gasteiger partial charge is 0.129 e. The Morgan fingerprint density at radius 1 is 0.750 bits per heavy atom. The van der Waals surface area contributed by atoms with Crippen LogP contribution in [0.1, 0.15) is 11.1 Å². The fourth-order valence-corrected chi connectivity index (χ4v) is 4.23. The van der Waals surface area contributed by atoms with Gasteiger partial charge in [0.05, 0.1) is 0 Å². The maximum absolute atomic E-state index is 3.57. The number of thioether (sulfide) groups is 2. The van der Waals surface area contributed by atoms with Crippen LogP contribution in [0.5, 0.6) is 0 Å². The van der Waals surface area contributed by atoms with E-state index in [0.717, 1.165) is 21.8 Å². The lowest BCUT2D eigenvalue weighted by Crippen LogP contribution is -1.95.